The second-order valence-corrected chi connectivity index (χ2v) is 5.48. The van der Waals surface area contributed by atoms with Gasteiger partial charge in [-0.15, -0.1) is 0 Å². The van der Waals surface area contributed by atoms with Crippen molar-refractivity contribution in [2.45, 2.75) is 0 Å². The summed E-state index contributed by atoms with van der Waals surface area (Å²) in [7, 11) is 1.13. The average Bonchev–Trinajstić information content (AvgIpc) is 2.69. The van der Waals surface area contributed by atoms with E-state index in [0.29, 0.717) is 5.69 Å². The van der Waals surface area contributed by atoms with Gasteiger partial charge in [-0.25, -0.2) is 14.2 Å². The number of carbonyl (C=O) groups excluding carboxylic acids is 3. The Kier molecular flexibility index (Phi) is 5.11. The van der Waals surface area contributed by atoms with Crippen LogP contribution in [0.1, 0.15) is 10.4 Å². The van der Waals surface area contributed by atoms with Crippen LogP contribution >= 0.6 is 0 Å². The van der Waals surface area contributed by atoms with E-state index in [1.165, 1.54) is 11.1 Å². The number of nitrogens with one attached hydrogen (secondary N) is 2. The second kappa shape index (κ2) is 7.65. The SMILES string of the molecule is COC(=O)c1cc(NC(=O)C2=NCC(=O)N(c3ccccc3)N2)ccc1F. The number of anilines is 2. The maximum Gasteiger partial charge on any atom is 0.340 e. The maximum atomic E-state index is 13.7. The molecule has 1 aliphatic heterocycles. The molecule has 2 aromatic carbocycles. The van der Waals surface area contributed by atoms with Crippen molar-refractivity contribution in [1.82, 2.24) is 5.43 Å². The summed E-state index contributed by atoms with van der Waals surface area (Å²) in [6, 6.07) is 12.2. The molecule has 0 unspecified atom stereocenters. The van der Waals surface area contributed by atoms with E-state index in [4.69, 9.17) is 0 Å². The molecule has 2 aromatic rings. The zero-order valence-electron chi connectivity index (χ0n) is 14.2. The van der Waals surface area contributed by atoms with E-state index in [1.807, 2.05) is 0 Å². The minimum Gasteiger partial charge on any atom is -0.465 e. The van der Waals surface area contributed by atoms with Crippen molar-refractivity contribution in [3.05, 3.63) is 59.9 Å². The van der Waals surface area contributed by atoms with Gasteiger partial charge in [0.15, 0.2) is 0 Å². The van der Waals surface area contributed by atoms with E-state index in [2.05, 4.69) is 20.5 Å². The highest BCUT2D eigenvalue weighted by Gasteiger charge is 2.25. The molecular weight excluding hydrogens is 355 g/mol. The van der Waals surface area contributed by atoms with Crippen molar-refractivity contribution in [2.24, 2.45) is 4.99 Å². The number of esters is 1. The van der Waals surface area contributed by atoms with Crippen LogP contribution in [0.5, 0.6) is 0 Å². The minimum absolute atomic E-state index is 0.0950. The first kappa shape index (κ1) is 18.1. The van der Waals surface area contributed by atoms with Gasteiger partial charge in [-0.3, -0.25) is 20.0 Å². The number of benzene rings is 2. The molecule has 0 radical (unpaired) electrons. The monoisotopic (exact) mass is 370 g/mol. The normalized spacial score (nSPS) is 13.5. The Morgan fingerprint density at radius 1 is 1.22 bits per heavy atom. The number of methoxy groups -OCH3 is 1. The van der Waals surface area contributed by atoms with Gasteiger partial charge in [0.05, 0.1) is 18.4 Å². The van der Waals surface area contributed by atoms with E-state index in [1.54, 1.807) is 30.3 Å². The van der Waals surface area contributed by atoms with E-state index < -0.39 is 17.7 Å². The summed E-state index contributed by atoms with van der Waals surface area (Å²) in [6.07, 6.45) is 0. The molecule has 27 heavy (non-hydrogen) atoms. The summed E-state index contributed by atoms with van der Waals surface area (Å²) >= 11 is 0. The van der Waals surface area contributed by atoms with Crippen molar-refractivity contribution in [1.29, 1.82) is 0 Å². The molecule has 2 amide bonds. The fraction of sp³-hybridized carbons (Fsp3) is 0.111. The lowest BCUT2D eigenvalue weighted by Crippen LogP contribution is -2.54. The Balaban J connectivity index is 1.77. The van der Waals surface area contributed by atoms with Crippen molar-refractivity contribution in [2.75, 3.05) is 24.0 Å². The summed E-state index contributed by atoms with van der Waals surface area (Å²) in [5.74, 6) is -2.70. The molecule has 1 aliphatic rings. The molecule has 0 aliphatic carbocycles. The third-order valence-corrected chi connectivity index (χ3v) is 3.70. The summed E-state index contributed by atoms with van der Waals surface area (Å²) in [6.45, 7) is -0.207. The highest BCUT2D eigenvalue weighted by atomic mass is 19.1. The summed E-state index contributed by atoms with van der Waals surface area (Å²) in [5.41, 5.74) is 3.07. The molecule has 0 atom stereocenters. The van der Waals surface area contributed by atoms with Crippen LogP contribution < -0.4 is 15.8 Å². The number of halogens is 1. The minimum atomic E-state index is -0.863. The number of aliphatic imine (C=N–C) groups is 1. The van der Waals surface area contributed by atoms with Crippen LogP contribution in [0, 0.1) is 5.82 Å². The predicted molar refractivity (Wildman–Crippen MR) is 95.7 cm³/mol. The molecule has 8 nitrogen and oxygen atoms in total. The fourth-order valence-electron chi connectivity index (χ4n) is 2.39. The van der Waals surface area contributed by atoms with Gasteiger partial charge in [-0.05, 0) is 30.3 Å². The zero-order chi connectivity index (χ0) is 19.4. The van der Waals surface area contributed by atoms with Gasteiger partial charge in [-0.2, -0.15) is 0 Å². The number of hydrogen-bond acceptors (Lipinski definition) is 6. The number of para-hydroxylation sites is 1. The van der Waals surface area contributed by atoms with Gasteiger partial charge >= 0.3 is 5.97 Å². The summed E-state index contributed by atoms with van der Waals surface area (Å²) in [4.78, 5) is 39.9. The second-order valence-electron chi connectivity index (χ2n) is 5.48. The number of carbonyl (C=O) groups is 3. The molecule has 0 saturated carbocycles. The highest BCUT2D eigenvalue weighted by Crippen LogP contribution is 2.17. The van der Waals surface area contributed by atoms with Gasteiger partial charge < -0.3 is 10.1 Å². The number of amides is 2. The van der Waals surface area contributed by atoms with Crippen LogP contribution in [0.25, 0.3) is 0 Å². The van der Waals surface area contributed by atoms with Crippen molar-refractivity contribution in [3.8, 4) is 0 Å². The Morgan fingerprint density at radius 3 is 2.67 bits per heavy atom. The average molecular weight is 370 g/mol. The first-order valence-electron chi connectivity index (χ1n) is 7.88. The third-order valence-electron chi connectivity index (χ3n) is 3.70. The van der Waals surface area contributed by atoms with Gasteiger partial charge in [0.25, 0.3) is 11.8 Å². The molecule has 0 spiro atoms. The van der Waals surface area contributed by atoms with Crippen molar-refractivity contribution >= 4 is 35.0 Å². The first-order valence-corrected chi connectivity index (χ1v) is 7.88. The fourth-order valence-corrected chi connectivity index (χ4v) is 2.39. The summed E-state index contributed by atoms with van der Waals surface area (Å²) in [5, 5.41) is 3.72. The van der Waals surface area contributed by atoms with Gasteiger partial charge in [0.1, 0.15) is 12.4 Å². The van der Waals surface area contributed by atoms with E-state index in [9.17, 15) is 18.8 Å². The lowest BCUT2D eigenvalue weighted by Gasteiger charge is -2.27. The zero-order valence-corrected chi connectivity index (χ0v) is 14.2. The molecule has 1 heterocycles. The summed E-state index contributed by atoms with van der Waals surface area (Å²) < 4.78 is 18.2. The van der Waals surface area contributed by atoms with Crippen LogP contribution in [0.15, 0.2) is 53.5 Å². The largest absolute Gasteiger partial charge is 0.465 e. The van der Waals surface area contributed by atoms with E-state index >= 15 is 0 Å². The molecule has 3 rings (SSSR count). The lowest BCUT2D eigenvalue weighted by molar-refractivity contribution is -0.118. The smallest absolute Gasteiger partial charge is 0.340 e. The lowest BCUT2D eigenvalue weighted by atomic mass is 10.2. The van der Waals surface area contributed by atoms with Crippen molar-refractivity contribution in [3.63, 3.8) is 0 Å². The maximum absolute atomic E-state index is 13.7. The number of rotatable bonds is 4. The number of hydrazine groups is 1. The van der Waals surface area contributed by atoms with Crippen LogP contribution in [0.2, 0.25) is 0 Å². The van der Waals surface area contributed by atoms with Crippen molar-refractivity contribution < 1.29 is 23.5 Å². The standard InChI is InChI=1S/C18H15FN4O4/c1-27-18(26)13-9-11(7-8-14(13)19)21-17(25)16-20-10-15(24)23(22-16)12-5-3-2-4-6-12/h2-9H,10H2,1H3,(H,20,22)(H,21,25). The Labute approximate surface area is 153 Å². The molecular formula is C18H15FN4O4. The molecule has 0 bridgehead atoms. The van der Waals surface area contributed by atoms with Gasteiger partial charge in [-0.1, -0.05) is 18.2 Å². The Morgan fingerprint density at radius 2 is 1.96 bits per heavy atom. The topological polar surface area (TPSA) is 100 Å². The molecule has 0 fully saturated rings. The number of amidine groups is 1. The molecule has 9 heteroatoms. The van der Waals surface area contributed by atoms with Crippen LogP contribution in [0.3, 0.4) is 0 Å². The quantitative estimate of drug-likeness (QED) is 0.795. The van der Waals surface area contributed by atoms with Crippen LogP contribution in [0.4, 0.5) is 15.8 Å². The van der Waals surface area contributed by atoms with Crippen LogP contribution in [-0.4, -0.2) is 37.3 Å². The molecule has 0 aromatic heterocycles. The Bertz CT molecular complexity index is 930. The van der Waals surface area contributed by atoms with Crippen LogP contribution in [-0.2, 0) is 14.3 Å². The number of nitrogens with zero attached hydrogens (tertiary/aromatic N) is 2. The van der Waals surface area contributed by atoms with Gasteiger partial charge in [0, 0.05) is 5.69 Å². The molecule has 2 N–H and O–H groups in total. The van der Waals surface area contributed by atoms with Gasteiger partial charge in [0.2, 0.25) is 5.84 Å². The number of hydrogen-bond donors (Lipinski definition) is 2. The molecule has 138 valence electrons. The first-order chi connectivity index (χ1) is 13.0. The third kappa shape index (κ3) is 3.92. The Hall–Kier alpha value is -3.75. The molecule has 0 saturated heterocycles. The number of ether oxygens (including phenoxy) is 1. The van der Waals surface area contributed by atoms with E-state index in [-0.39, 0.29) is 29.5 Å². The van der Waals surface area contributed by atoms with E-state index in [0.717, 1.165) is 19.2 Å². The predicted octanol–water partition coefficient (Wildman–Crippen LogP) is 1.50. The highest BCUT2D eigenvalue weighted by molar-refractivity contribution is 6.43.